The zero-order chi connectivity index (χ0) is 10.6. The van der Waals surface area contributed by atoms with Gasteiger partial charge in [-0.15, -0.1) is 0 Å². The van der Waals surface area contributed by atoms with Crippen molar-refractivity contribution >= 4 is 0 Å². The Morgan fingerprint density at radius 1 is 1.36 bits per heavy atom. The summed E-state index contributed by atoms with van der Waals surface area (Å²) in [5.74, 6) is 0.860. The second-order valence-electron chi connectivity index (χ2n) is 4.78. The molecule has 2 nitrogen and oxygen atoms in total. The first-order chi connectivity index (χ1) is 6.67. The number of rotatable bonds is 5. The predicted octanol–water partition coefficient (Wildman–Crippen LogP) is 2.23. The van der Waals surface area contributed by atoms with Crippen LogP contribution in [0.5, 0.6) is 0 Å². The van der Waals surface area contributed by atoms with Crippen LogP contribution in [0.2, 0.25) is 0 Å². The van der Waals surface area contributed by atoms with E-state index in [9.17, 15) is 0 Å². The monoisotopic (exact) mass is 198 g/mol. The van der Waals surface area contributed by atoms with Crippen molar-refractivity contribution in [1.82, 2.24) is 4.90 Å². The highest BCUT2D eigenvalue weighted by Gasteiger charge is 2.24. The summed E-state index contributed by atoms with van der Waals surface area (Å²) in [5.41, 5.74) is 5.93. The van der Waals surface area contributed by atoms with E-state index in [2.05, 4.69) is 25.7 Å². The van der Waals surface area contributed by atoms with Gasteiger partial charge in [0, 0.05) is 18.6 Å². The first kappa shape index (κ1) is 12.0. The van der Waals surface area contributed by atoms with Crippen LogP contribution in [0.3, 0.4) is 0 Å². The first-order valence-corrected chi connectivity index (χ1v) is 6.17. The molecule has 1 saturated carbocycles. The molecule has 0 aromatic carbocycles. The first-order valence-electron chi connectivity index (χ1n) is 6.17. The Morgan fingerprint density at radius 2 is 2.07 bits per heavy atom. The molecule has 0 bridgehead atoms. The Balaban J connectivity index is 2.33. The van der Waals surface area contributed by atoms with Gasteiger partial charge >= 0.3 is 0 Å². The maximum Gasteiger partial charge on any atom is 0.00643 e. The summed E-state index contributed by atoms with van der Waals surface area (Å²) in [5, 5.41) is 0. The lowest BCUT2D eigenvalue weighted by Gasteiger charge is -2.29. The molecule has 2 N–H and O–H groups in total. The predicted molar refractivity (Wildman–Crippen MR) is 62.3 cm³/mol. The summed E-state index contributed by atoms with van der Waals surface area (Å²) in [7, 11) is 0. The van der Waals surface area contributed by atoms with Crippen LogP contribution in [-0.4, -0.2) is 30.1 Å². The Labute approximate surface area is 88.8 Å². The molecule has 0 saturated heterocycles. The number of nitrogens with two attached hydrogens (primary N) is 1. The largest absolute Gasteiger partial charge is 0.328 e. The third-order valence-corrected chi connectivity index (χ3v) is 3.69. The minimum absolute atomic E-state index is 0.482. The number of hydrogen-bond donors (Lipinski definition) is 1. The normalized spacial score (nSPS) is 29.8. The highest BCUT2D eigenvalue weighted by Crippen LogP contribution is 2.25. The van der Waals surface area contributed by atoms with E-state index in [4.69, 9.17) is 5.73 Å². The van der Waals surface area contributed by atoms with Gasteiger partial charge in [-0.1, -0.05) is 13.8 Å². The molecule has 2 heteroatoms. The second-order valence-corrected chi connectivity index (χ2v) is 4.78. The van der Waals surface area contributed by atoms with Crippen LogP contribution in [0.1, 0.15) is 46.5 Å². The zero-order valence-electron chi connectivity index (χ0n) is 10.00. The van der Waals surface area contributed by atoms with Crippen molar-refractivity contribution in [2.45, 2.75) is 58.5 Å². The van der Waals surface area contributed by atoms with Gasteiger partial charge in [0.1, 0.15) is 0 Å². The van der Waals surface area contributed by atoms with Crippen molar-refractivity contribution in [3.63, 3.8) is 0 Å². The summed E-state index contributed by atoms with van der Waals surface area (Å²) in [6, 6.07) is 1.22. The van der Waals surface area contributed by atoms with Gasteiger partial charge in [0.05, 0.1) is 0 Å². The maximum atomic E-state index is 5.93. The molecule has 14 heavy (non-hydrogen) atoms. The highest BCUT2D eigenvalue weighted by molar-refractivity contribution is 4.80. The molecule has 0 aromatic rings. The van der Waals surface area contributed by atoms with Gasteiger partial charge in [-0.05, 0) is 45.1 Å². The van der Waals surface area contributed by atoms with Crippen molar-refractivity contribution in [1.29, 1.82) is 0 Å². The quantitative estimate of drug-likeness (QED) is 0.734. The van der Waals surface area contributed by atoms with E-state index in [0.29, 0.717) is 6.04 Å². The molecule has 0 radical (unpaired) electrons. The zero-order valence-corrected chi connectivity index (χ0v) is 10.00. The molecule has 3 atom stereocenters. The van der Waals surface area contributed by atoms with Crippen LogP contribution >= 0.6 is 0 Å². The molecule has 1 aliphatic rings. The summed E-state index contributed by atoms with van der Waals surface area (Å²) >= 11 is 0. The van der Waals surface area contributed by atoms with Gasteiger partial charge in [0.15, 0.2) is 0 Å². The molecule has 1 fully saturated rings. The lowest BCUT2D eigenvalue weighted by atomic mass is 10.1. The fraction of sp³-hybridized carbons (Fsp3) is 1.00. The lowest BCUT2D eigenvalue weighted by molar-refractivity contribution is 0.182. The van der Waals surface area contributed by atoms with Crippen molar-refractivity contribution in [3.8, 4) is 0 Å². The minimum atomic E-state index is 0.482. The van der Waals surface area contributed by atoms with Crippen molar-refractivity contribution in [2.24, 2.45) is 11.7 Å². The average molecular weight is 198 g/mol. The molecular weight excluding hydrogens is 172 g/mol. The molecule has 3 unspecified atom stereocenters. The Bertz CT molecular complexity index is 158. The van der Waals surface area contributed by atoms with Crippen LogP contribution in [-0.2, 0) is 0 Å². The number of hydrogen-bond acceptors (Lipinski definition) is 2. The molecule has 0 amide bonds. The minimum Gasteiger partial charge on any atom is -0.328 e. The SMILES string of the molecule is CCC(C)N(CC)CC1CCC(N)C1. The standard InChI is InChI=1S/C12H26N2/c1-4-10(3)14(5-2)9-11-6-7-12(13)8-11/h10-12H,4-9,13H2,1-3H3. The molecular formula is C12H26N2. The van der Waals surface area contributed by atoms with Crippen molar-refractivity contribution in [3.05, 3.63) is 0 Å². The van der Waals surface area contributed by atoms with Crippen LogP contribution in [0.25, 0.3) is 0 Å². The van der Waals surface area contributed by atoms with Crippen LogP contribution < -0.4 is 5.73 Å². The molecule has 0 spiro atoms. The maximum absolute atomic E-state index is 5.93. The van der Waals surface area contributed by atoms with Gasteiger partial charge in [0.2, 0.25) is 0 Å². The fourth-order valence-corrected chi connectivity index (χ4v) is 2.49. The van der Waals surface area contributed by atoms with E-state index in [1.54, 1.807) is 0 Å². The molecule has 1 aliphatic carbocycles. The van der Waals surface area contributed by atoms with Crippen molar-refractivity contribution < 1.29 is 0 Å². The Kier molecular flexibility index (Phi) is 4.90. The van der Waals surface area contributed by atoms with E-state index in [-0.39, 0.29) is 0 Å². The van der Waals surface area contributed by atoms with Crippen LogP contribution in [0.15, 0.2) is 0 Å². The topological polar surface area (TPSA) is 29.3 Å². The van der Waals surface area contributed by atoms with E-state index < -0.39 is 0 Å². The molecule has 0 aliphatic heterocycles. The van der Waals surface area contributed by atoms with Gasteiger partial charge in [-0.25, -0.2) is 0 Å². The smallest absolute Gasteiger partial charge is 0.00643 e. The third kappa shape index (κ3) is 3.25. The van der Waals surface area contributed by atoms with Gasteiger partial charge in [-0.3, -0.25) is 0 Å². The number of nitrogens with zero attached hydrogens (tertiary/aromatic N) is 1. The van der Waals surface area contributed by atoms with Gasteiger partial charge in [0.25, 0.3) is 0 Å². The van der Waals surface area contributed by atoms with Gasteiger partial charge in [-0.2, -0.15) is 0 Å². The van der Waals surface area contributed by atoms with E-state index >= 15 is 0 Å². The Hall–Kier alpha value is -0.0800. The molecule has 1 rings (SSSR count). The summed E-state index contributed by atoms with van der Waals surface area (Å²) in [6.45, 7) is 9.31. The van der Waals surface area contributed by atoms with E-state index in [1.165, 1.54) is 38.8 Å². The fourth-order valence-electron chi connectivity index (χ4n) is 2.49. The van der Waals surface area contributed by atoms with E-state index in [0.717, 1.165) is 12.0 Å². The van der Waals surface area contributed by atoms with Crippen molar-refractivity contribution in [2.75, 3.05) is 13.1 Å². The summed E-state index contributed by atoms with van der Waals surface area (Å²) in [4.78, 5) is 2.60. The average Bonchev–Trinajstić information content (AvgIpc) is 2.59. The molecule has 0 heterocycles. The highest BCUT2D eigenvalue weighted by atomic mass is 15.1. The summed E-state index contributed by atoms with van der Waals surface area (Å²) in [6.07, 6.45) is 5.08. The van der Waals surface area contributed by atoms with E-state index in [1.807, 2.05) is 0 Å². The lowest BCUT2D eigenvalue weighted by Crippen LogP contribution is -2.36. The Morgan fingerprint density at radius 3 is 2.50 bits per heavy atom. The van der Waals surface area contributed by atoms with Gasteiger partial charge < -0.3 is 10.6 Å². The summed E-state index contributed by atoms with van der Waals surface area (Å²) < 4.78 is 0. The second kappa shape index (κ2) is 5.72. The van der Waals surface area contributed by atoms with Crippen LogP contribution in [0, 0.1) is 5.92 Å². The third-order valence-electron chi connectivity index (χ3n) is 3.69. The molecule has 0 aromatic heterocycles. The van der Waals surface area contributed by atoms with Crippen LogP contribution in [0.4, 0.5) is 0 Å². The molecule has 84 valence electrons.